The quantitative estimate of drug-likeness (QED) is 0.342. The van der Waals surface area contributed by atoms with E-state index in [1.165, 1.54) is 25.7 Å². The molecular weight excluding hydrogens is 396 g/mol. The monoisotopic (exact) mass is 428 g/mol. The average molecular weight is 429 g/mol. The Hall–Kier alpha value is -2.60. The minimum absolute atomic E-state index is 0.0268. The maximum Gasteiger partial charge on any atom is 0.261 e. The molecule has 0 radical (unpaired) electrons. The predicted molar refractivity (Wildman–Crippen MR) is 127 cm³/mol. The van der Waals surface area contributed by atoms with Crippen LogP contribution in [0.15, 0.2) is 48.5 Å². The number of ether oxygens (including phenoxy) is 2. The highest BCUT2D eigenvalue weighted by Crippen LogP contribution is 2.20. The van der Waals surface area contributed by atoms with Crippen molar-refractivity contribution in [3.8, 4) is 11.5 Å². The van der Waals surface area contributed by atoms with Crippen LogP contribution in [0.25, 0.3) is 0 Å². The first-order valence-corrected chi connectivity index (χ1v) is 11.0. The number of nitrogens with one attached hydrogen (secondary N) is 2. The molecule has 0 unspecified atom stereocenters. The van der Waals surface area contributed by atoms with E-state index in [0.717, 1.165) is 24.5 Å². The Morgan fingerprint density at radius 3 is 2.40 bits per heavy atom. The molecule has 0 atom stereocenters. The standard InChI is InChI=1S/C24H32N2O3S/c1-4-5-6-7-10-17-28-20-15-13-19(14-16-20)25-24(30)26-23(27)21-11-8-9-12-22(21)29-18(2)3/h8-9,11-16,18H,4-7,10,17H2,1-3H3,(H2,25,26,27,30). The zero-order chi connectivity index (χ0) is 21.8. The second-order valence-corrected chi connectivity index (χ2v) is 7.77. The smallest absolute Gasteiger partial charge is 0.261 e. The number of carbonyl (C=O) groups is 1. The molecule has 6 heteroatoms. The molecule has 30 heavy (non-hydrogen) atoms. The van der Waals surface area contributed by atoms with Gasteiger partial charge in [0, 0.05) is 5.69 Å². The average Bonchev–Trinajstić information content (AvgIpc) is 2.71. The highest BCUT2D eigenvalue weighted by atomic mass is 32.1. The summed E-state index contributed by atoms with van der Waals surface area (Å²) in [7, 11) is 0. The first kappa shape index (κ1) is 23.7. The van der Waals surface area contributed by atoms with Crippen molar-refractivity contribution in [2.24, 2.45) is 0 Å². The third-order valence-corrected chi connectivity index (χ3v) is 4.55. The van der Waals surface area contributed by atoms with Gasteiger partial charge in [-0.05, 0) is 68.9 Å². The molecule has 0 spiro atoms. The largest absolute Gasteiger partial charge is 0.494 e. The summed E-state index contributed by atoms with van der Waals surface area (Å²) in [5, 5.41) is 5.95. The van der Waals surface area contributed by atoms with Gasteiger partial charge in [-0.25, -0.2) is 0 Å². The molecule has 2 aromatic rings. The van der Waals surface area contributed by atoms with Gasteiger partial charge in [0.2, 0.25) is 0 Å². The minimum atomic E-state index is -0.313. The van der Waals surface area contributed by atoms with Crippen LogP contribution in [0, 0.1) is 0 Å². The highest BCUT2D eigenvalue weighted by molar-refractivity contribution is 7.80. The van der Waals surface area contributed by atoms with Gasteiger partial charge in [0.1, 0.15) is 11.5 Å². The molecule has 0 fully saturated rings. The van der Waals surface area contributed by atoms with Gasteiger partial charge in [0.05, 0.1) is 18.3 Å². The van der Waals surface area contributed by atoms with E-state index in [1.54, 1.807) is 18.2 Å². The summed E-state index contributed by atoms with van der Waals surface area (Å²) in [6, 6.07) is 14.6. The maximum atomic E-state index is 12.6. The van der Waals surface area contributed by atoms with Crippen molar-refractivity contribution in [3.63, 3.8) is 0 Å². The van der Waals surface area contributed by atoms with Crippen LogP contribution in [0.4, 0.5) is 5.69 Å². The number of amides is 1. The lowest BCUT2D eigenvalue weighted by Gasteiger charge is -2.15. The van der Waals surface area contributed by atoms with Crippen molar-refractivity contribution in [3.05, 3.63) is 54.1 Å². The Kier molecular flexibility index (Phi) is 10.1. The van der Waals surface area contributed by atoms with E-state index >= 15 is 0 Å². The number of rotatable bonds is 11. The summed E-state index contributed by atoms with van der Waals surface area (Å²) in [5.74, 6) is 1.04. The molecule has 0 aliphatic carbocycles. The number of hydrogen-bond donors (Lipinski definition) is 2. The molecule has 0 saturated heterocycles. The number of carbonyl (C=O) groups excluding carboxylic acids is 1. The van der Waals surface area contributed by atoms with Crippen molar-refractivity contribution >= 4 is 28.9 Å². The fraction of sp³-hybridized carbons (Fsp3) is 0.417. The molecule has 0 saturated carbocycles. The number of anilines is 1. The molecule has 0 heterocycles. The van der Waals surface area contributed by atoms with Crippen LogP contribution in [0.2, 0.25) is 0 Å². The molecule has 1 amide bonds. The van der Waals surface area contributed by atoms with Gasteiger partial charge in [-0.1, -0.05) is 44.7 Å². The molecule has 0 aliphatic rings. The summed E-state index contributed by atoms with van der Waals surface area (Å²) in [5.41, 5.74) is 1.22. The first-order chi connectivity index (χ1) is 14.5. The summed E-state index contributed by atoms with van der Waals surface area (Å²) in [6.45, 7) is 6.77. The zero-order valence-corrected chi connectivity index (χ0v) is 18.9. The predicted octanol–water partition coefficient (Wildman–Crippen LogP) is 5.95. The zero-order valence-electron chi connectivity index (χ0n) is 18.1. The first-order valence-electron chi connectivity index (χ1n) is 10.6. The number of benzene rings is 2. The summed E-state index contributed by atoms with van der Waals surface area (Å²) in [6.07, 6.45) is 6.04. The van der Waals surface area contributed by atoms with Gasteiger partial charge in [0.25, 0.3) is 5.91 Å². The second-order valence-electron chi connectivity index (χ2n) is 7.36. The Labute approximate surface area is 185 Å². The molecular formula is C24H32N2O3S. The molecule has 5 nitrogen and oxygen atoms in total. The van der Waals surface area contributed by atoms with E-state index in [1.807, 2.05) is 44.2 Å². The summed E-state index contributed by atoms with van der Waals surface area (Å²) in [4.78, 5) is 12.6. The van der Waals surface area contributed by atoms with Gasteiger partial charge in [-0.3, -0.25) is 10.1 Å². The van der Waals surface area contributed by atoms with Crippen LogP contribution in [0.3, 0.4) is 0 Å². The van der Waals surface area contributed by atoms with Gasteiger partial charge in [-0.15, -0.1) is 0 Å². The van der Waals surface area contributed by atoms with E-state index in [-0.39, 0.29) is 17.1 Å². The molecule has 0 aliphatic heterocycles. The molecule has 2 rings (SSSR count). The third kappa shape index (κ3) is 8.41. The van der Waals surface area contributed by atoms with E-state index in [2.05, 4.69) is 17.6 Å². The summed E-state index contributed by atoms with van der Waals surface area (Å²) >= 11 is 5.28. The Bertz CT molecular complexity index is 806. The van der Waals surface area contributed by atoms with E-state index < -0.39 is 0 Å². The SMILES string of the molecule is CCCCCCCOc1ccc(NC(=S)NC(=O)c2ccccc2OC(C)C)cc1. The Morgan fingerprint density at radius 1 is 1.00 bits per heavy atom. The Balaban J connectivity index is 1.81. The molecule has 162 valence electrons. The van der Waals surface area contributed by atoms with Crippen molar-refractivity contribution in [1.82, 2.24) is 5.32 Å². The third-order valence-electron chi connectivity index (χ3n) is 4.35. The summed E-state index contributed by atoms with van der Waals surface area (Å²) < 4.78 is 11.5. The molecule has 0 aromatic heterocycles. The molecule has 2 aromatic carbocycles. The van der Waals surface area contributed by atoms with Crippen molar-refractivity contribution in [1.29, 1.82) is 0 Å². The molecule has 0 bridgehead atoms. The van der Waals surface area contributed by atoms with E-state index in [9.17, 15) is 4.79 Å². The van der Waals surface area contributed by atoms with Crippen LogP contribution in [-0.2, 0) is 0 Å². The van der Waals surface area contributed by atoms with Crippen LogP contribution in [-0.4, -0.2) is 23.7 Å². The van der Waals surface area contributed by atoms with Gasteiger partial charge < -0.3 is 14.8 Å². The fourth-order valence-electron chi connectivity index (χ4n) is 2.87. The lowest BCUT2D eigenvalue weighted by Crippen LogP contribution is -2.34. The second kappa shape index (κ2) is 12.9. The van der Waals surface area contributed by atoms with Crippen molar-refractivity contribution in [2.75, 3.05) is 11.9 Å². The normalized spacial score (nSPS) is 10.5. The van der Waals surface area contributed by atoms with Gasteiger partial charge in [-0.2, -0.15) is 0 Å². The van der Waals surface area contributed by atoms with Crippen molar-refractivity contribution in [2.45, 2.75) is 59.0 Å². The van der Waals surface area contributed by atoms with Crippen LogP contribution < -0.4 is 20.1 Å². The lowest BCUT2D eigenvalue weighted by atomic mass is 10.2. The molecule has 2 N–H and O–H groups in total. The number of hydrogen-bond acceptors (Lipinski definition) is 4. The highest BCUT2D eigenvalue weighted by Gasteiger charge is 2.14. The number of para-hydroxylation sites is 1. The number of unbranched alkanes of at least 4 members (excludes halogenated alkanes) is 4. The van der Waals surface area contributed by atoms with Crippen LogP contribution in [0.1, 0.15) is 63.2 Å². The van der Waals surface area contributed by atoms with Gasteiger partial charge >= 0.3 is 0 Å². The topological polar surface area (TPSA) is 59.6 Å². The fourth-order valence-corrected chi connectivity index (χ4v) is 3.08. The van der Waals surface area contributed by atoms with Gasteiger partial charge in [0.15, 0.2) is 5.11 Å². The number of thiocarbonyl (C=S) groups is 1. The van der Waals surface area contributed by atoms with E-state index in [4.69, 9.17) is 21.7 Å². The maximum absolute atomic E-state index is 12.6. The van der Waals surface area contributed by atoms with Crippen molar-refractivity contribution < 1.29 is 14.3 Å². The van der Waals surface area contributed by atoms with Crippen LogP contribution in [0.5, 0.6) is 11.5 Å². The van der Waals surface area contributed by atoms with E-state index in [0.29, 0.717) is 11.3 Å². The van der Waals surface area contributed by atoms with Crippen LogP contribution >= 0.6 is 12.2 Å². The minimum Gasteiger partial charge on any atom is -0.494 e. The lowest BCUT2D eigenvalue weighted by molar-refractivity contribution is 0.0972. The Morgan fingerprint density at radius 2 is 1.70 bits per heavy atom.